The highest BCUT2D eigenvalue weighted by molar-refractivity contribution is 5.37. The molecule has 1 aromatic carbocycles. The summed E-state index contributed by atoms with van der Waals surface area (Å²) in [6.07, 6.45) is 1.60. The van der Waals surface area contributed by atoms with Gasteiger partial charge in [0.2, 0.25) is 0 Å². The third-order valence-electron chi connectivity index (χ3n) is 3.33. The lowest BCUT2D eigenvalue weighted by molar-refractivity contribution is -0.122. The number of rotatable bonds is 9. The van der Waals surface area contributed by atoms with E-state index in [2.05, 4.69) is 31.3 Å². The van der Waals surface area contributed by atoms with E-state index in [1.54, 1.807) is 21.3 Å². The van der Waals surface area contributed by atoms with Crippen LogP contribution < -0.4 is 10.1 Å². The average molecular weight is 281 g/mol. The van der Waals surface area contributed by atoms with Crippen molar-refractivity contribution in [2.75, 3.05) is 27.9 Å². The first-order valence-corrected chi connectivity index (χ1v) is 7.08. The highest BCUT2D eigenvalue weighted by Crippen LogP contribution is 2.22. The summed E-state index contributed by atoms with van der Waals surface area (Å²) < 4.78 is 16.3. The zero-order valence-electron chi connectivity index (χ0n) is 13.2. The summed E-state index contributed by atoms with van der Waals surface area (Å²) in [6, 6.07) is 6.32. The predicted molar refractivity (Wildman–Crippen MR) is 81.3 cm³/mol. The number of nitrogens with one attached hydrogen (secondary N) is 1. The van der Waals surface area contributed by atoms with Gasteiger partial charge in [0.05, 0.1) is 13.2 Å². The third-order valence-corrected chi connectivity index (χ3v) is 3.33. The minimum Gasteiger partial charge on any atom is -0.496 e. The largest absolute Gasteiger partial charge is 0.496 e. The van der Waals surface area contributed by atoms with Crippen molar-refractivity contribution in [2.45, 2.75) is 39.0 Å². The van der Waals surface area contributed by atoms with Crippen LogP contribution in [0.15, 0.2) is 18.2 Å². The lowest BCUT2D eigenvalue weighted by atomic mass is 10.0. The van der Waals surface area contributed by atoms with Crippen LogP contribution >= 0.6 is 0 Å². The first-order chi connectivity index (χ1) is 9.65. The zero-order valence-corrected chi connectivity index (χ0v) is 13.2. The Labute approximate surface area is 122 Å². The quantitative estimate of drug-likeness (QED) is 0.706. The van der Waals surface area contributed by atoms with Crippen molar-refractivity contribution in [3.63, 3.8) is 0 Å². The van der Waals surface area contributed by atoms with Crippen molar-refractivity contribution in [3.05, 3.63) is 29.3 Å². The van der Waals surface area contributed by atoms with Crippen LogP contribution in [0.1, 0.15) is 24.5 Å². The molecule has 0 aliphatic carbocycles. The number of hydrogen-bond donors (Lipinski definition) is 1. The summed E-state index contributed by atoms with van der Waals surface area (Å²) in [4.78, 5) is 0. The normalized spacial score (nSPS) is 12.7. The molecule has 0 bridgehead atoms. The third kappa shape index (κ3) is 4.78. The van der Waals surface area contributed by atoms with Crippen LogP contribution in [-0.4, -0.2) is 40.2 Å². The Morgan fingerprint density at radius 2 is 1.85 bits per heavy atom. The molecule has 20 heavy (non-hydrogen) atoms. The van der Waals surface area contributed by atoms with Crippen LogP contribution in [0, 0.1) is 6.92 Å². The second-order valence-electron chi connectivity index (χ2n) is 4.92. The van der Waals surface area contributed by atoms with Gasteiger partial charge in [-0.2, -0.15) is 0 Å². The second-order valence-corrected chi connectivity index (χ2v) is 4.92. The minimum absolute atomic E-state index is 0.0978. The molecule has 4 nitrogen and oxygen atoms in total. The highest BCUT2D eigenvalue weighted by Gasteiger charge is 2.22. The molecule has 1 aromatic rings. The molecule has 1 N–H and O–H groups in total. The summed E-state index contributed by atoms with van der Waals surface area (Å²) >= 11 is 0. The molecular weight excluding hydrogens is 254 g/mol. The fourth-order valence-corrected chi connectivity index (χ4v) is 2.32. The maximum absolute atomic E-state index is 5.44. The molecule has 0 aliphatic heterocycles. The van der Waals surface area contributed by atoms with Gasteiger partial charge in [0.15, 0.2) is 6.29 Å². The van der Waals surface area contributed by atoms with Gasteiger partial charge >= 0.3 is 0 Å². The highest BCUT2D eigenvalue weighted by atomic mass is 16.7. The van der Waals surface area contributed by atoms with Crippen LogP contribution in [-0.2, 0) is 15.9 Å². The van der Waals surface area contributed by atoms with Crippen molar-refractivity contribution < 1.29 is 14.2 Å². The summed E-state index contributed by atoms with van der Waals surface area (Å²) in [5.41, 5.74) is 2.39. The first-order valence-electron chi connectivity index (χ1n) is 7.08. The van der Waals surface area contributed by atoms with Gasteiger partial charge < -0.3 is 19.5 Å². The lowest BCUT2D eigenvalue weighted by Crippen LogP contribution is -2.44. The maximum atomic E-state index is 5.44. The smallest absolute Gasteiger partial charge is 0.172 e. The predicted octanol–water partition coefficient (Wildman–Crippen LogP) is 2.53. The Hall–Kier alpha value is -1.10. The van der Waals surface area contributed by atoms with Crippen LogP contribution in [0.25, 0.3) is 0 Å². The summed E-state index contributed by atoms with van der Waals surface area (Å²) in [6.45, 7) is 5.16. The monoisotopic (exact) mass is 281 g/mol. The fraction of sp³-hybridized carbons (Fsp3) is 0.625. The molecule has 0 spiro atoms. The van der Waals surface area contributed by atoms with E-state index in [9.17, 15) is 0 Å². The van der Waals surface area contributed by atoms with E-state index in [1.165, 1.54) is 11.1 Å². The molecule has 0 fully saturated rings. The zero-order chi connectivity index (χ0) is 15.0. The molecular formula is C16H27NO3. The van der Waals surface area contributed by atoms with E-state index in [0.29, 0.717) is 0 Å². The van der Waals surface area contributed by atoms with Crippen LogP contribution in [0.5, 0.6) is 5.75 Å². The van der Waals surface area contributed by atoms with Crippen molar-refractivity contribution >= 4 is 0 Å². The van der Waals surface area contributed by atoms with E-state index < -0.39 is 0 Å². The number of ether oxygens (including phenoxy) is 3. The van der Waals surface area contributed by atoms with Gasteiger partial charge in [0.1, 0.15) is 5.75 Å². The van der Waals surface area contributed by atoms with Gasteiger partial charge in [-0.15, -0.1) is 0 Å². The van der Waals surface area contributed by atoms with Crippen molar-refractivity contribution in [1.29, 1.82) is 0 Å². The molecule has 1 rings (SSSR count). The van der Waals surface area contributed by atoms with E-state index in [1.807, 2.05) is 6.07 Å². The van der Waals surface area contributed by atoms with E-state index in [4.69, 9.17) is 14.2 Å². The molecule has 114 valence electrons. The number of aryl methyl sites for hydroxylation is 1. The Morgan fingerprint density at radius 3 is 2.40 bits per heavy atom. The van der Waals surface area contributed by atoms with Crippen molar-refractivity contribution in [1.82, 2.24) is 5.32 Å². The number of benzene rings is 1. The molecule has 0 saturated carbocycles. The summed E-state index contributed by atoms with van der Waals surface area (Å²) in [5, 5.41) is 3.49. The molecule has 1 unspecified atom stereocenters. The summed E-state index contributed by atoms with van der Waals surface area (Å²) in [7, 11) is 5.04. The standard InChI is InChI=1S/C16H27NO3/c1-6-9-17-14(16(19-4)20-5)11-13-10-12(2)7-8-15(13)18-3/h7-8,10,14,16-17H,6,9,11H2,1-5H3. The fourth-order valence-electron chi connectivity index (χ4n) is 2.32. The Kier molecular flexibility index (Phi) is 7.59. The van der Waals surface area contributed by atoms with E-state index in [0.717, 1.165) is 25.1 Å². The van der Waals surface area contributed by atoms with Crippen LogP contribution in [0.3, 0.4) is 0 Å². The molecule has 0 saturated heterocycles. The van der Waals surface area contributed by atoms with Gasteiger partial charge in [-0.05, 0) is 37.9 Å². The molecule has 0 aliphatic rings. The molecule has 0 radical (unpaired) electrons. The molecule has 1 atom stereocenters. The number of hydrogen-bond acceptors (Lipinski definition) is 4. The van der Waals surface area contributed by atoms with E-state index >= 15 is 0 Å². The maximum Gasteiger partial charge on any atom is 0.172 e. The molecule has 0 aromatic heterocycles. The Balaban J connectivity index is 2.90. The van der Waals surface area contributed by atoms with Crippen LogP contribution in [0.2, 0.25) is 0 Å². The SMILES string of the molecule is CCCNC(Cc1cc(C)ccc1OC)C(OC)OC. The Bertz CT molecular complexity index is 391. The lowest BCUT2D eigenvalue weighted by Gasteiger charge is -2.26. The van der Waals surface area contributed by atoms with Crippen LogP contribution in [0.4, 0.5) is 0 Å². The van der Waals surface area contributed by atoms with Gasteiger partial charge in [-0.25, -0.2) is 0 Å². The van der Waals surface area contributed by atoms with Gasteiger partial charge in [0, 0.05) is 14.2 Å². The van der Waals surface area contributed by atoms with Gasteiger partial charge in [-0.3, -0.25) is 0 Å². The molecule has 4 heteroatoms. The van der Waals surface area contributed by atoms with Gasteiger partial charge in [-0.1, -0.05) is 24.6 Å². The second kappa shape index (κ2) is 8.95. The minimum atomic E-state index is -0.272. The summed E-state index contributed by atoms with van der Waals surface area (Å²) in [5.74, 6) is 0.907. The average Bonchev–Trinajstić information content (AvgIpc) is 2.46. The molecule has 0 heterocycles. The van der Waals surface area contributed by atoms with Gasteiger partial charge in [0.25, 0.3) is 0 Å². The topological polar surface area (TPSA) is 39.7 Å². The number of methoxy groups -OCH3 is 3. The van der Waals surface area contributed by atoms with E-state index in [-0.39, 0.29) is 12.3 Å². The Morgan fingerprint density at radius 1 is 1.15 bits per heavy atom. The first kappa shape index (κ1) is 17.0. The van der Waals surface area contributed by atoms with Crippen molar-refractivity contribution in [3.8, 4) is 5.75 Å². The van der Waals surface area contributed by atoms with Crippen molar-refractivity contribution in [2.24, 2.45) is 0 Å². The molecule has 0 amide bonds.